The Morgan fingerprint density at radius 1 is 0.923 bits per heavy atom. The van der Waals surface area contributed by atoms with Gasteiger partial charge < -0.3 is 14.5 Å². The largest absolute Gasteiger partial charge is 0.378 e. The molecule has 2 fully saturated rings. The number of rotatable bonds is 3. The fraction of sp³-hybridized carbons (Fsp3) is 0.450. The lowest BCUT2D eigenvalue weighted by molar-refractivity contribution is 0.0718. The highest BCUT2D eigenvalue weighted by Gasteiger charge is 2.23. The van der Waals surface area contributed by atoms with Crippen LogP contribution in [-0.4, -0.2) is 60.2 Å². The van der Waals surface area contributed by atoms with E-state index in [9.17, 15) is 4.79 Å². The molecule has 2 aliphatic rings. The molecule has 0 atom stereocenters. The first-order chi connectivity index (χ1) is 12.8. The minimum atomic E-state index is 0.0128. The van der Waals surface area contributed by atoms with Crippen molar-refractivity contribution in [1.82, 2.24) is 14.9 Å². The maximum absolute atomic E-state index is 13.0. The van der Waals surface area contributed by atoms with Gasteiger partial charge in [-0.25, -0.2) is 9.97 Å². The van der Waals surface area contributed by atoms with Crippen LogP contribution in [0.5, 0.6) is 0 Å². The second-order valence-corrected chi connectivity index (χ2v) is 6.75. The maximum atomic E-state index is 13.0. The normalized spacial score (nSPS) is 18.0. The summed E-state index contributed by atoms with van der Waals surface area (Å²) in [5.41, 5.74) is 1.41. The van der Waals surface area contributed by atoms with E-state index in [1.807, 2.05) is 41.3 Å². The van der Waals surface area contributed by atoms with Crippen molar-refractivity contribution in [2.75, 3.05) is 44.3 Å². The van der Waals surface area contributed by atoms with Crippen LogP contribution in [0.1, 0.15) is 29.8 Å². The van der Waals surface area contributed by atoms with Crippen LogP contribution in [0.2, 0.25) is 0 Å². The number of ether oxygens (including phenoxy) is 1. The topological polar surface area (TPSA) is 58.6 Å². The van der Waals surface area contributed by atoms with Crippen LogP contribution < -0.4 is 4.90 Å². The molecule has 26 heavy (non-hydrogen) atoms. The molecule has 2 saturated heterocycles. The zero-order valence-corrected chi connectivity index (χ0v) is 14.9. The van der Waals surface area contributed by atoms with Crippen molar-refractivity contribution in [2.45, 2.75) is 19.3 Å². The highest BCUT2D eigenvalue weighted by Crippen LogP contribution is 2.22. The number of aromatic nitrogens is 2. The lowest BCUT2D eigenvalue weighted by Gasteiger charge is -2.29. The molecule has 0 aliphatic carbocycles. The summed E-state index contributed by atoms with van der Waals surface area (Å²) >= 11 is 0. The molecule has 4 rings (SSSR count). The lowest BCUT2D eigenvalue weighted by atomic mass is 10.1. The third kappa shape index (κ3) is 3.70. The molecule has 6 nitrogen and oxygen atoms in total. The smallest absolute Gasteiger partial charge is 0.272 e. The van der Waals surface area contributed by atoms with Gasteiger partial charge in [0.15, 0.2) is 5.82 Å². The Morgan fingerprint density at radius 2 is 1.65 bits per heavy atom. The minimum absolute atomic E-state index is 0.0128. The van der Waals surface area contributed by atoms with Gasteiger partial charge in [-0.15, -0.1) is 0 Å². The van der Waals surface area contributed by atoms with Crippen molar-refractivity contribution in [3.8, 4) is 11.4 Å². The highest BCUT2D eigenvalue weighted by atomic mass is 16.5. The fourth-order valence-electron chi connectivity index (χ4n) is 3.47. The summed E-state index contributed by atoms with van der Waals surface area (Å²) in [5, 5.41) is 0. The molecule has 1 aromatic heterocycles. The Labute approximate surface area is 153 Å². The third-order valence-electron chi connectivity index (χ3n) is 4.94. The van der Waals surface area contributed by atoms with Gasteiger partial charge in [-0.3, -0.25) is 4.79 Å². The molecular weight excluding hydrogens is 328 g/mol. The number of likely N-dealkylation sites (tertiary alicyclic amines) is 1. The van der Waals surface area contributed by atoms with Crippen molar-refractivity contribution in [3.63, 3.8) is 0 Å². The fourth-order valence-corrected chi connectivity index (χ4v) is 3.47. The summed E-state index contributed by atoms with van der Waals surface area (Å²) in [4.78, 5) is 26.5. The molecule has 2 aliphatic heterocycles. The Bertz CT molecular complexity index is 754. The lowest BCUT2D eigenvalue weighted by Crippen LogP contribution is -2.38. The van der Waals surface area contributed by atoms with E-state index in [-0.39, 0.29) is 5.91 Å². The van der Waals surface area contributed by atoms with Crippen LogP contribution in [-0.2, 0) is 4.74 Å². The number of morpholine rings is 1. The maximum Gasteiger partial charge on any atom is 0.272 e. The van der Waals surface area contributed by atoms with Crippen LogP contribution in [0.25, 0.3) is 11.4 Å². The number of hydrogen-bond donors (Lipinski definition) is 0. The Kier molecular flexibility index (Phi) is 5.11. The number of carbonyl (C=O) groups excluding carboxylic acids is 1. The van der Waals surface area contributed by atoms with Gasteiger partial charge in [0.2, 0.25) is 0 Å². The molecule has 1 aromatic carbocycles. The molecular formula is C20H24N4O2. The summed E-state index contributed by atoms with van der Waals surface area (Å²) in [5.74, 6) is 1.43. The molecule has 0 saturated carbocycles. The average Bonchev–Trinajstić information content (AvgIpc) is 2.75. The molecule has 0 unspecified atom stereocenters. The second kappa shape index (κ2) is 7.83. The first-order valence-electron chi connectivity index (χ1n) is 9.38. The molecule has 0 N–H and O–H groups in total. The van der Waals surface area contributed by atoms with Gasteiger partial charge in [0.25, 0.3) is 5.91 Å². The summed E-state index contributed by atoms with van der Waals surface area (Å²) in [7, 11) is 0. The van der Waals surface area contributed by atoms with Crippen LogP contribution >= 0.6 is 0 Å². The highest BCUT2D eigenvalue weighted by molar-refractivity contribution is 5.93. The van der Waals surface area contributed by atoms with Crippen molar-refractivity contribution in [1.29, 1.82) is 0 Å². The summed E-state index contributed by atoms with van der Waals surface area (Å²) in [6.07, 6.45) is 3.33. The average molecular weight is 352 g/mol. The molecule has 1 amide bonds. The quantitative estimate of drug-likeness (QED) is 0.850. The molecule has 3 heterocycles. The van der Waals surface area contributed by atoms with Crippen LogP contribution in [0, 0.1) is 0 Å². The molecule has 136 valence electrons. The van der Waals surface area contributed by atoms with E-state index >= 15 is 0 Å². The predicted octanol–water partition coefficient (Wildman–Crippen LogP) is 2.61. The van der Waals surface area contributed by atoms with Gasteiger partial charge >= 0.3 is 0 Å². The summed E-state index contributed by atoms with van der Waals surface area (Å²) in [6.45, 7) is 4.55. The standard InChI is InChI=1S/C20H24N4O2/c25-20(24-9-5-2-6-10-24)17-15-18(23-11-13-26-14-12-23)22-19(21-17)16-7-3-1-4-8-16/h1,3-4,7-8,15H,2,5-6,9-14H2. The van der Waals surface area contributed by atoms with Gasteiger partial charge in [-0.2, -0.15) is 0 Å². The van der Waals surface area contributed by atoms with Crippen molar-refractivity contribution < 1.29 is 9.53 Å². The van der Waals surface area contributed by atoms with Crippen molar-refractivity contribution >= 4 is 11.7 Å². The number of piperidine rings is 1. The van der Waals surface area contributed by atoms with Gasteiger partial charge in [0, 0.05) is 37.8 Å². The zero-order valence-electron chi connectivity index (χ0n) is 14.9. The molecule has 2 aromatic rings. The van der Waals surface area contributed by atoms with Gasteiger partial charge in [0.05, 0.1) is 13.2 Å². The number of anilines is 1. The molecule has 6 heteroatoms. The number of benzene rings is 1. The monoisotopic (exact) mass is 352 g/mol. The van der Waals surface area contributed by atoms with Gasteiger partial charge in [-0.05, 0) is 19.3 Å². The third-order valence-corrected chi connectivity index (χ3v) is 4.94. The van der Waals surface area contributed by atoms with E-state index in [0.29, 0.717) is 24.7 Å². The minimum Gasteiger partial charge on any atom is -0.378 e. The van der Waals surface area contributed by atoms with E-state index in [1.54, 1.807) is 0 Å². The SMILES string of the molecule is O=C(c1cc(N2CCOCC2)nc(-c2ccccc2)n1)N1CCCCC1. The van der Waals surface area contributed by atoms with Crippen molar-refractivity contribution in [2.24, 2.45) is 0 Å². The number of hydrogen-bond acceptors (Lipinski definition) is 5. The Balaban J connectivity index is 1.70. The molecule has 0 bridgehead atoms. The van der Waals surface area contributed by atoms with Crippen LogP contribution in [0.4, 0.5) is 5.82 Å². The Morgan fingerprint density at radius 3 is 2.38 bits per heavy atom. The van der Waals surface area contributed by atoms with E-state index in [0.717, 1.165) is 50.4 Å². The molecule has 0 spiro atoms. The van der Waals surface area contributed by atoms with Gasteiger partial charge in [0.1, 0.15) is 11.5 Å². The van der Waals surface area contributed by atoms with Gasteiger partial charge in [-0.1, -0.05) is 30.3 Å². The second-order valence-electron chi connectivity index (χ2n) is 6.75. The number of carbonyl (C=O) groups is 1. The van der Waals surface area contributed by atoms with Crippen molar-refractivity contribution in [3.05, 3.63) is 42.1 Å². The molecule has 0 radical (unpaired) electrons. The Hall–Kier alpha value is -2.47. The van der Waals surface area contributed by atoms with E-state index in [4.69, 9.17) is 9.72 Å². The van der Waals surface area contributed by atoms with E-state index < -0.39 is 0 Å². The number of nitrogens with zero attached hydrogens (tertiary/aromatic N) is 4. The summed E-state index contributed by atoms with van der Waals surface area (Å²) < 4.78 is 5.45. The predicted molar refractivity (Wildman–Crippen MR) is 100 cm³/mol. The van der Waals surface area contributed by atoms with E-state index in [1.165, 1.54) is 6.42 Å². The zero-order chi connectivity index (χ0) is 17.8. The van der Waals surface area contributed by atoms with Crippen LogP contribution in [0.15, 0.2) is 36.4 Å². The number of amides is 1. The first kappa shape index (κ1) is 17.0. The summed E-state index contributed by atoms with van der Waals surface area (Å²) in [6, 6.07) is 11.7. The van der Waals surface area contributed by atoms with Crippen LogP contribution in [0.3, 0.4) is 0 Å². The van der Waals surface area contributed by atoms with E-state index in [2.05, 4.69) is 9.88 Å². The first-order valence-corrected chi connectivity index (χ1v) is 9.38.